The van der Waals surface area contributed by atoms with Crippen LogP contribution in [0.3, 0.4) is 0 Å². The highest BCUT2D eigenvalue weighted by molar-refractivity contribution is 6.31. The average molecular weight is 183 g/mol. The molecule has 0 radical (unpaired) electrons. The maximum atomic E-state index is 5.88. The largest absolute Gasteiger partial charge is 0.319 e. The molecule has 0 fully saturated rings. The van der Waals surface area contributed by atoms with E-state index in [1.54, 1.807) is 18.3 Å². The van der Waals surface area contributed by atoms with Gasteiger partial charge in [-0.05, 0) is 19.1 Å². The molecule has 0 saturated heterocycles. The van der Waals surface area contributed by atoms with E-state index in [1.165, 1.54) is 0 Å². The second kappa shape index (κ2) is 3.70. The third kappa shape index (κ3) is 1.84. The van der Waals surface area contributed by atoms with Crippen LogP contribution >= 0.6 is 11.6 Å². The van der Waals surface area contributed by atoms with Gasteiger partial charge in [0.1, 0.15) is 0 Å². The summed E-state index contributed by atoms with van der Waals surface area (Å²) in [6.45, 7) is 5.61. The fourth-order valence-corrected chi connectivity index (χ4v) is 1.10. The molecule has 0 aromatic carbocycles. The van der Waals surface area contributed by atoms with Gasteiger partial charge in [0.25, 0.3) is 0 Å². The van der Waals surface area contributed by atoms with E-state index in [0.717, 1.165) is 5.57 Å². The molecule has 12 heavy (non-hydrogen) atoms. The molecule has 3 heteroatoms. The summed E-state index contributed by atoms with van der Waals surface area (Å²) in [5.41, 5.74) is 7.34. The molecule has 1 atom stereocenters. The number of hydrogen-bond acceptors (Lipinski definition) is 2. The average Bonchev–Trinajstić information content (AvgIpc) is 2.04. The van der Waals surface area contributed by atoms with Crippen molar-refractivity contribution in [2.24, 2.45) is 5.73 Å². The predicted molar refractivity (Wildman–Crippen MR) is 51.0 cm³/mol. The summed E-state index contributed by atoms with van der Waals surface area (Å²) in [5, 5.41) is 0.591. The van der Waals surface area contributed by atoms with E-state index >= 15 is 0 Å². The molecule has 1 rings (SSSR count). The Labute approximate surface area is 77.1 Å². The van der Waals surface area contributed by atoms with Crippen LogP contribution < -0.4 is 5.73 Å². The van der Waals surface area contributed by atoms with Crippen LogP contribution in [0.4, 0.5) is 0 Å². The summed E-state index contributed by atoms with van der Waals surface area (Å²) in [6.07, 6.45) is 1.67. The number of halogens is 1. The third-order valence-electron chi connectivity index (χ3n) is 1.61. The van der Waals surface area contributed by atoms with E-state index in [4.69, 9.17) is 17.3 Å². The van der Waals surface area contributed by atoms with Crippen molar-refractivity contribution in [1.82, 2.24) is 4.98 Å². The molecular formula is C9H11ClN2. The van der Waals surface area contributed by atoms with E-state index in [0.29, 0.717) is 10.7 Å². The molecular weight excluding hydrogens is 172 g/mol. The first-order valence-corrected chi connectivity index (χ1v) is 4.02. The van der Waals surface area contributed by atoms with Crippen LogP contribution in [0.2, 0.25) is 5.02 Å². The number of rotatable bonds is 2. The molecule has 0 aliphatic rings. The summed E-state index contributed by atoms with van der Waals surface area (Å²) in [6, 6.07) is 3.28. The molecule has 64 valence electrons. The van der Waals surface area contributed by atoms with Crippen molar-refractivity contribution in [3.05, 3.63) is 41.2 Å². The van der Waals surface area contributed by atoms with Gasteiger partial charge in [0.05, 0.1) is 16.8 Å². The van der Waals surface area contributed by atoms with Gasteiger partial charge in [0.2, 0.25) is 0 Å². The lowest BCUT2D eigenvalue weighted by molar-refractivity contribution is 0.812. The van der Waals surface area contributed by atoms with Crippen LogP contribution in [0.25, 0.3) is 0 Å². The Morgan fingerprint density at radius 3 is 2.92 bits per heavy atom. The van der Waals surface area contributed by atoms with Crippen molar-refractivity contribution in [2.75, 3.05) is 0 Å². The van der Waals surface area contributed by atoms with Gasteiger partial charge in [-0.2, -0.15) is 0 Å². The first-order chi connectivity index (χ1) is 5.63. The van der Waals surface area contributed by atoms with Gasteiger partial charge in [-0.15, -0.1) is 0 Å². The zero-order valence-corrected chi connectivity index (χ0v) is 7.67. The zero-order valence-electron chi connectivity index (χ0n) is 6.92. The molecule has 0 amide bonds. The Morgan fingerprint density at radius 2 is 2.42 bits per heavy atom. The number of pyridine rings is 1. The fraction of sp³-hybridized carbons (Fsp3) is 0.222. The topological polar surface area (TPSA) is 38.9 Å². The Balaban J connectivity index is 3.02. The van der Waals surface area contributed by atoms with Crippen LogP contribution in [-0.2, 0) is 0 Å². The lowest BCUT2D eigenvalue weighted by Gasteiger charge is -2.11. The summed E-state index contributed by atoms with van der Waals surface area (Å²) >= 11 is 5.88. The smallest absolute Gasteiger partial charge is 0.0798 e. The van der Waals surface area contributed by atoms with Crippen LogP contribution in [0.1, 0.15) is 18.7 Å². The van der Waals surface area contributed by atoms with Gasteiger partial charge >= 0.3 is 0 Å². The molecule has 1 unspecified atom stereocenters. The highest BCUT2D eigenvalue weighted by Gasteiger charge is 2.10. The standard InChI is InChI=1S/C9H11ClN2/c1-6(2)8(11)9-7(10)4-3-5-12-9/h3-5,8H,1,11H2,2H3. The van der Waals surface area contributed by atoms with E-state index < -0.39 is 0 Å². The second-order valence-electron chi connectivity index (χ2n) is 2.69. The van der Waals surface area contributed by atoms with Crippen molar-refractivity contribution >= 4 is 11.6 Å². The maximum absolute atomic E-state index is 5.88. The minimum Gasteiger partial charge on any atom is -0.319 e. The van der Waals surface area contributed by atoms with E-state index in [1.807, 2.05) is 6.92 Å². The van der Waals surface area contributed by atoms with Gasteiger partial charge in [-0.1, -0.05) is 23.8 Å². The maximum Gasteiger partial charge on any atom is 0.0798 e. The Morgan fingerprint density at radius 1 is 1.75 bits per heavy atom. The summed E-state index contributed by atoms with van der Waals surface area (Å²) < 4.78 is 0. The summed E-state index contributed by atoms with van der Waals surface area (Å²) in [5.74, 6) is 0. The Hall–Kier alpha value is -0.860. The molecule has 2 nitrogen and oxygen atoms in total. The lowest BCUT2D eigenvalue weighted by atomic mass is 10.1. The van der Waals surface area contributed by atoms with Gasteiger partial charge in [-0.3, -0.25) is 4.98 Å². The first kappa shape index (κ1) is 9.23. The molecule has 0 aliphatic carbocycles. The molecule has 2 N–H and O–H groups in total. The normalized spacial score (nSPS) is 12.6. The monoisotopic (exact) mass is 182 g/mol. The minimum absolute atomic E-state index is 0.265. The Kier molecular flexibility index (Phi) is 2.84. The lowest BCUT2D eigenvalue weighted by Crippen LogP contribution is -2.12. The second-order valence-corrected chi connectivity index (χ2v) is 3.10. The molecule has 0 bridgehead atoms. The predicted octanol–water partition coefficient (Wildman–Crippen LogP) is 2.31. The van der Waals surface area contributed by atoms with Crippen molar-refractivity contribution < 1.29 is 0 Å². The van der Waals surface area contributed by atoms with Gasteiger partial charge in [-0.25, -0.2) is 0 Å². The van der Waals surface area contributed by atoms with E-state index in [-0.39, 0.29) is 6.04 Å². The van der Waals surface area contributed by atoms with Crippen LogP contribution in [0, 0.1) is 0 Å². The SMILES string of the molecule is C=C(C)C(N)c1ncccc1Cl. The van der Waals surface area contributed by atoms with Gasteiger partial charge in [0.15, 0.2) is 0 Å². The molecule has 0 saturated carbocycles. The highest BCUT2D eigenvalue weighted by atomic mass is 35.5. The quantitative estimate of drug-likeness (QED) is 0.713. The van der Waals surface area contributed by atoms with Crippen molar-refractivity contribution in [1.29, 1.82) is 0 Å². The van der Waals surface area contributed by atoms with Gasteiger partial charge in [0, 0.05) is 6.20 Å². The number of nitrogens with zero attached hydrogens (tertiary/aromatic N) is 1. The van der Waals surface area contributed by atoms with Crippen molar-refractivity contribution in [3.63, 3.8) is 0 Å². The number of nitrogens with two attached hydrogens (primary N) is 1. The van der Waals surface area contributed by atoms with Gasteiger partial charge < -0.3 is 5.73 Å². The van der Waals surface area contributed by atoms with Crippen molar-refractivity contribution in [2.45, 2.75) is 13.0 Å². The highest BCUT2D eigenvalue weighted by Crippen LogP contribution is 2.22. The summed E-state index contributed by atoms with van der Waals surface area (Å²) in [7, 11) is 0. The van der Waals surface area contributed by atoms with Crippen LogP contribution in [0.15, 0.2) is 30.5 Å². The van der Waals surface area contributed by atoms with Crippen LogP contribution in [0.5, 0.6) is 0 Å². The fourth-order valence-electron chi connectivity index (χ4n) is 0.860. The van der Waals surface area contributed by atoms with E-state index in [9.17, 15) is 0 Å². The molecule has 0 aliphatic heterocycles. The Bertz CT molecular complexity index is 296. The van der Waals surface area contributed by atoms with Crippen molar-refractivity contribution in [3.8, 4) is 0 Å². The first-order valence-electron chi connectivity index (χ1n) is 3.64. The van der Waals surface area contributed by atoms with Crippen LogP contribution in [-0.4, -0.2) is 4.98 Å². The zero-order chi connectivity index (χ0) is 9.14. The third-order valence-corrected chi connectivity index (χ3v) is 1.93. The molecule has 1 heterocycles. The van der Waals surface area contributed by atoms with E-state index in [2.05, 4.69) is 11.6 Å². The number of hydrogen-bond donors (Lipinski definition) is 1. The molecule has 0 spiro atoms. The summed E-state index contributed by atoms with van der Waals surface area (Å²) in [4.78, 5) is 4.08. The molecule has 1 aromatic heterocycles. The minimum atomic E-state index is -0.265. The molecule has 1 aromatic rings. The number of aromatic nitrogens is 1.